The molecule has 0 spiro atoms. The number of carbonyl (C=O) groups is 2. The monoisotopic (exact) mass is 487 g/mol. The Balaban J connectivity index is 1.46. The number of aryl methyl sites for hydroxylation is 1. The lowest BCUT2D eigenvalue weighted by atomic mass is 10.0. The van der Waals surface area contributed by atoms with Crippen LogP contribution in [0, 0.1) is 6.92 Å². The molecule has 2 atom stereocenters. The number of rotatable bonds is 9. The van der Waals surface area contributed by atoms with Crippen LogP contribution in [-0.4, -0.2) is 51.0 Å². The van der Waals surface area contributed by atoms with Crippen LogP contribution in [-0.2, 0) is 27.4 Å². The zero-order chi connectivity index (χ0) is 24.9. The summed E-state index contributed by atoms with van der Waals surface area (Å²) >= 11 is 0. The third-order valence-corrected chi connectivity index (χ3v) is 6.42. The smallest absolute Gasteiger partial charge is 0.247 e. The van der Waals surface area contributed by atoms with Gasteiger partial charge in [0.05, 0.1) is 24.4 Å². The van der Waals surface area contributed by atoms with E-state index in [0.717, 1.165) is 29.5 Å². The van der Waals surface area contributed by atoms with Crippen LogP contribution < -0.4 is 5.32 Å². The maximum atomic E-state index is 13.8. The van der Waals surface area contributed by atoms with Crippen LogP contribution in [0.1, 0.15) is 35.8 Å². The number of amides is 2. The molecule has 1 saturated heterocycles. The summed E-state index contributed by atoms with van der Waals surface area (Å²) in [5.41, 5.74) is 3.27. The molecule has 1 aliphatic rings. The number of aromatic nitrogens is 3. The van der Waals surface area contributed by atoms with Crippen molar-refractivity contribution in [3.8, 4) is 0 Å². The number of furan rings is 1. The topological polar surface area (TPSA) is 102 Å². The highest BCUT2D eigenvalue weighted by atomic mass is 16.5. The summed E-state index contributed by atoms with van der Waals surface area (Å²) in [6.07, 6.45) is 3.20. The van der Waals surface area contributed by atoms with Crippen molar-refractivity contribution in [3.05, 3.63) is 83.8 Å². The Bertz CT molecular complexity index is 1310. The third-order valence-electron chi connectivity index (χ3n) is 6.42. The van der Waals surface area contributed by atoms with Gasteiger partial charge in [-0.3, -0.25) is 9.59 Å². The van der Waals surface area contributed by atoms with Gasteiger partial charge in [-0.2, -0.15) is 0 Å². The predicted molar refractivity (Wildman–Crippen MR) is 133 cm³/mol. The number of hydrogen-bond donors (Lipinski definition) is 1. The molecule has 0 aliphatic carbocycles. The highest BCUT2D eigenvalue weighted by molar-refractivity contribution is 5.89. The molecule has 3 heterocycles. The molecule has 0 unspecified atom stereocenters. The van der Waals surface area contributed by atoms with Crippen LogP contribution in [0.3, 0.4) is 0 Å². The maximum absolute atomic E-state index is 13.8. The van der Waals surface area contributed by atoms with E-state index in [9.17, 15) is 9.59 Å². The van der Waals surface area contributed by atoms with E-state index in [1.54, 1.807) is 28.0 Å². The summed E-state index contributed by atoms with van der Waals surface area (Å²) in [5.74, 6) is 0.113. The zero-order valence-electron chi connectivity index (χ0n) is 20.2. The van der Waals surface area contributed by atoms with Gasteiger partial charge in [0.25, 0.3) is 0 Å². The summed E-state index contributed by atoms with van der Waals surface area (Å²) in [5, 5.41) is 11.3. The molecular weight excluding hydrogens is 458 g/mol. The fraction of sp³-hybridized carbons (Fsp3) is 0.333. The number of nitrogens with zero attached hydrogens (tertiary/aromatic N) is 4. The van der Waals surface area contributed by atoms with Gasteiger partial charge < -0.3 is 19.4 Å². The minimum absolute atomic E-state index is 0.0406. The van der Waals surface area contributed by atoms with Gasteiger partial charge in [-0.15, -0.1) is 5.10 Å². The second-order valence-electron chi connectivity index (χ2n) is 9.03. The number of carbonyl (C=O) groups excluding carboxylic acids is 2. The van der Waals surface area contributed by atoms with Gasteiger partial charge in [0.15, 0.2) is 0 Å². The van der Waals surface area contributed by atoms with Crippen molar-refractivity contribution in [2.45, 2.75) is 45.0 Å². The predicted octanol–water partition coefficient (Wildman–Crippen LogP) is 3.40. The summed E-state index contributed by atoms with van der Waals surface area (Å²) < 4.78 is 12.8. The van der Waals surface area contributed by atoms with Crippen LogP contribution in [0.5, 0.6) is 0 Å². The van der Waals surface area contributed by atoms with E-state index in [4.69, 9.17) is 9.15 Å². The SMILES string of the molecule is Cc1ccc([C@H](C(=O)NCc2ccco2)N(C[C@H]2CCCO2)C(=O)Cn2nnc3ccccc32)cc1. The molecule has 1 fully saturated rings. The van der Waals surface area contributed by atoms with Gasteiger partial charge in [0.1, 0.15) is 23.9 Å². The minimum atomic E-state index is -0.841. The second kappa shape index (κ2) is 10.7. The van der Waals surface area contributed by atoms with Gasteiger partial charge in [-0.1, -0.05) is 47.2 Å². The molecule has 1 aliphatic heterocycles. The molecule has 0 saturated carbocycles. The molecule has 9 heteroatoms. The lowest BCUT2D eigenvalue weighted by Gasteiger charge is -2.33. The van der Waals surface area contributed by atoms with Crippen LogP contribution in [0.2, 0.25) is 0 Å². The Labute approximate surface area is 209 Å². The van der Waals surface area contributed by atoms with E-state index in [1.165, 1.54) is 0 Å². The van der Waals surface area contributed by atoms with Crippen LogP contribution in [0.15, 0.2) is 71.3 Å². The number of benzene rings is 2. The van der Waals surface area contributed by atoms with E-state index in [-0.39, 0.29) is 31.0 Å². The first-order chi connectivity index (χ1) is 17.6. The first kappa shape index (κ1) is 23.7. The summed E-state index contributed by atoms with van der Waals surface area (Å²) in [4.78, 5) is 29.1. The molecule has 0 radical (unpaired) electrons. The molecule has 0 bridgehead atoms. The van der Waals surface area contributed by atoms with Crippen LogP contribution >= 0.6 is 0 Å². The Kier molecular flexibility index (Phi) is 7.08. The molecule has 36 heavy (non-hydrogen) atoms. The van der Waals surface area contributed by atoms with Gasteiger partial charge >= 0.3 is 0 Å². The molecule has 9 nitrogen and oxygen atoms in total. The maximum Gasteiger partial charge on any atom is 0.247 e. The lowest BCUT2D eigenvalue weighted by molar-refractivity contribution is -0.143. The number of ether oxygens (including phenoxy) is 1. The number of para-hydroxylation sites is 1. The average molecular weight is 488 g/mol. The Morgan fingerprint density at radius 3 is 2.72 bits per heavy atom. The molecule has 4 aromatic rings. The number of nitrogens with one attached hydrogen (secondary N) is 1. The summed E-state index contributed by atoms with van der Waals surface area (Å²) in [6, 6.07) is 17.9. The van der Waals surface area contributed by atoms with Crippen molar-refractivity contribution >= 4 is 22.8 Å². The highest BCUT2D eigenvalue weighted by Crippen LogP contribution is 2.26. The van der Waals surface area contributed by atoms with E-state index in [1.807, 2.05) is 55.5 Å². The molecule has 2 amide bonds. The van der Waals surface area contributed by atoms with Gasteiger partial charge in [0, 0.05) is 13.2 Å². The molecule has 2 aromatic carbocycles. The van der Waals surface area contributed by atoms with E-state index in [0.29, 0.717) is 24.4 Å². The zero-order valence-corrected chi connectivity index (χ0v) is 20.2. The van der Waals surface area contributed by atoms with E-state index < -0.39 is 6.04 Å². The first-order valence-electron chi connectivity index (χ1n) is 12.1. The van der Waals surface area contributed by atoms with Crippen molar-refractivity contribution in [1.82, 2.24) is 25.2 Å². The van der Waals surface area contributed by atoms with Gasteiger partial charge in [0.2, 0.25) is 11.8 Å². The molecular formula is C27H29N5O4. The number of fused-ring (bicyclic) bond motifs is 1. The Hall–Kier alpha value is -3.98. The first-order valence-corrected chi connectivity index (χ1v) is 12.1. The standard InChI is InChI=1S/C27H29N5O4/c1-19-10-12-20(13-11-19)26(27(34)28-16-21-6-4-14-35-21)31(17-22-7-5-15-36-22)25(33)18-32-24-9-3-2-8-23(24)29-30-32/h2-4,6,8-14,22,26H,5,7,15-18H2,1H3,(H,28,34)/t22-,26-/m1/s1. The Morgan fingerprint density at radius 2 is 1.97 bits per heavy atom. The summed E-state index contributed by atoms with van der Waals surface area (Å²) in [7, 11) is 0. The highest BCUT2D eigenvalue weighted by Gasteiger charge is 2.34. The van der Waals surface area contributed by atoms with Crippen LogP contribution in [0.4, 0.5) is 0 Å². The quantitative estimate of drug-likeness (QED) is 0.388. The van der Waals surface area contributed by atoms with Gasteiger partial charge in [-0.05, 0) is 49.6 Å². The molecule has 2 aromatic heterocycles. The van der Waals surface area contributed by atoms with Gasteiger partial charge in [-0.25, -0.2) is 4.68 Å². The van der Waals surface area contributed by atoms with E-state index >= 15 is 0 Å². The fourth-order valence-corrected chi connectivity index (χ4v) is 4.52. The molecule has 1 N–H and O–H groups in total. The fourth-order valence-electron chi connectivity index (χ4n) is 4.52. The van der Waals surface area contributed by atoms with Crippen molar-refractivity contribution in [2.75, 3.05) is 13.2 Å². The van der Waals surface area contributed by atoms with Crippen molar-refractivity contribution in [3.63, 3.8) is 0 Å². The lowest BCUT2D eigenvalue weighted by Crippen LogP contribution is -2.47. The minimum Gasteiger partial charge on any atom is -0.467 e. The largest absolute Gasteiger partial charge is 0.467 e. The second-order valence-corrected chi connectivity index (χ2v) is 9.03. The molecule has 186 valence electrons. The van der Waals surface area contributed by atoms with Crippen molar-refractivity contribution in [1.29, 1.82) is 0 Å². The number of hydrogen-bond acceptors (Lipinski definition) is 6. The van der Waals surface area contributed by atoms with E-state index in [2.05, 4.69) is 15.6 Å². The Morgan fingerprint density at radius 1 is 1.14 bits per heavy atom. The van der Waals surface area contributed by atoms with Crippen LogP contribution in [0.25, 0.3) is 11.0 Å². The van der Waals surface area contributed by atoms with Crippen molar-refractivity contribution < 1.29 is 18.7 Å². The summed E-state index contributed by atoms with van der Waals surface area (Å²) in [6.45, 7) is 3.13. The average Bonchev–Trinajstić information content (AvgIpc) is 3.67. The van der Waals surface area contributed by atoms with Crippen molar-refractivity contribution in [2.24, 2.45) is 0 Å². The third kappa shape index (κ3) is 5.31. The normalized spacial score (nSPS) is 16.2. The molecule has 5 rings (SSSR count).